The Morgan fingerprint density at radius 3 is 1.88 bits per heavy atom. The lowest BCUT2D eigenvalue weighted by molar-refractivity contribution is 0.663. The maximum atomic E-state index is 9.64. The minimum Gasteiger partial charge on any atom is -0.456 e. The van der Waals surface area contributed by atoms with Crippen molar-refractivity contribution < 1.29 is 4.42 Å². The van der Waals surface area contributed by atoms with E-state index >= 15 is 0 Å². The predicted octanol–water partition coefficient (Wildman–Crippen LogP) is 12.0. The molecule has 0 radical (unpaired) electrons. The van der Waals surface area contributed by atoms with E-state index in [2.05, 4.69) is 156 Å². The third-order valence-corrected chi connectivity index (χ3v) is 11.1. The molecule has 0 N–H and O–H groups in total. The summed E-state index contributed by atoms with van der Waals surface area (Å²) < 4.78 is 11.2. The van der Waals surface area contributed by atoms with E-state index in [1.54, 1.807) is 0 Å². The highest BCUT2D eigenvalue weighted by atomic mass is 16.3. The fourth-order valence-electron chi connectivity index (χ4n) is 8.93. The number of aromatic nitrogens is 2. The zero-order valence-electron chi connectivity index (χ0n) is 27.5. The molecule has 0 amide bonds. The first-order valence-corrected chi connectivity index (χ1v) is 17.1. The number of nitriles is 1. The van der Waals surface area contributed by atoms with Gasteiger partial charge in [-0.2, -0.15) is 5.26 Å². The van der Waals surface area contributed by atoms with Crippen molar-refractivity contribution in [2.75, 3.05) is 0 Å². The molecule has 0 aliphatic heterocycles. The number of hydrogen-bond donors (Lipinski definition) is 0. The third kappa shape index (κ3) is 3.43. The Labute approximate surface area is 287 Å². The molecule has 10 aromatic rings. The van der Waals surface area contributed by atoms with Crippen molar-refractivity contribution in [3.05, 3.63) is 156 Å². The molecule has 0 unspecified atom stereocenters. The first-order valence-electron chi connectivity index (χ1n) is 17.1. The number of furan rings is 1. The van der Waals surface area contributed by atoms with Gasteiger partial charge in [-0.05, 0) is 89.0 Å². The molecular formula is C46H29N3O. The Morgan fingerprint density at radius 2 is 1.14 bits per heavy atom. The van der Waals surface area contributed by atoms with Gasteiger partial charge in [0.1, 0.15) is 11.2 Å². The second-order valence-corrected chi connectivity index (χ2v) is 14.1. The van der Waals surface area contributed by atoms with Gasteiger partial charge in [0.25, 0.3) is 0 Å². The SMILES string of the molecule is CC1(C)c2ccccc2-c2ccc3c4ccccc4n(-c4ccc5oc6ccc(-n7c8ccccc8c8cc(C#N)ccc87)cc6c5c4)c3c21. The van der Waals surface area contributed by atoms with Crippen molar-refractivity contribution in [1.29, 1.82) is 5.26 Å². The van der Waals surface area contributed by atoms with Crippen LogP contribution in [0.25, 0.3) is 88.1 Å². The normalized spacial score (nSPS) is 13.5. The zero-order chi connectivity index (χ0) is 33.3. The molecule has 11 rings (SSSR count). The zero-order valence-corrected chi connectivity index (χ0v) is 27.5. The molecule has 4 heteroatoms. The Kier molecular flexibility index (Phi) is 5.22. The number of fused-ring (bicyclic) bond motifs is 13. The van der Waals surface area contributed by atoms with Gasteiger partial charge in [0.05, 0.1) is 33.7 Å². The van der Waals surface area contributed by atoms with Gasteiger partial charge in [0, 0.05) is 49.1 Å². The summed E-state index contributed by atoms with van der Waals surface area (Å²) >= 11 is 0. The smallest absolute Gasteiger partial charge is 0.135 e. The monoisotopic (exact) mass is 639 g/mol. The highest BCUT2D eigenvalue weighted by Gasteiger charge is 2.38. The Bertz CT molecular complexity index is 3140. The summed E-state index contributed by atoms with van der Waals surface area (Å²) in [6.07, 6.45) is 0. The van der Waals surface area contributed by atoms with E-state index in [9.17, 15) is 5.26 Å². The van der Waals surface area contributed by atoms with Crippen molar-refractivity contribution in [2.45, 2.75) is 19.3 Å². The van der Waals surface area contributed by atoms with Crippen molar-refractivity contribution in [1.82, 2.24) is 9.13 Å². The number of hydrogen-bond acceptors (Lipinski definition) is 2. The summed E-state index contributed by atoms with van der Waals surface area (Å²) in [6, 6.07) is 52.1. The molecule has 0 spiro atoms. The van der Waals surface area contributed by atoms with Crippen LogP contribution in [0.2, 0.25) is 0 Å². The van der Waals surface area contributed by atoms with Gasteiger partial charge < -0.3 is 13.6 Å². The summed E-state index contributed by atoms with van der Waals surface area (Å²) in [4.78, 5) is 0. The molecule has 234 valence electrons. The fourth-order valence-corrected chi connectivity index (χ4v) is 8.93. The van der Waals surface area contributed by atoms with Crippen LogP contribution in [0, 0.1) is 11.3 Å². The minimum atomic E-state index is -0.158. The van der Waals surface area contributed by atoms with E-state index in [4.69, 9.17) is 4.42 Å². The molecule has 3 heterocycles. The fraction of sp³-hybridized carbons (Fsp3) is 0.0652. The minimum absolute atomic E-state index is 0.158. The molecule has 4 nitrogen and oxygen atoms in total. The van der Waals surface area contributed by atoms with Crippen molar-refractivity contribution in [2.24, 2.45) is 0 Å². The van der Waals surface area contributed by atoms with Crippen LogP contribution < -0.4 is 0 Å². The van der Waals surface area contributed by atoms with Crippen LogP contribution in [0.15, 0.2) is 144 Å². The Morgan fingerprint density at radius 1 is 0.520 bits per heavy atom. The van der Waals surface area contributed by atoms with Crippen molar-refractivity contribution in [3.8, 4) is 28.6 Å². The predicted molar refractivity (Wildman–Crippen MR) is 205 cm³/mol. The van der Waals surface area contributed by atoms with E-state index in [1.807, 2.05) is 12.1 Å². The number of rotatable bonds is 2. The van der Waals surface area contributed by atoms with Crippen molar-refractivity contribution >= 4 is 65.6 Å². The summed E-state index contributed by atoms with van der Waals surface area (Å²) in [7, 11) is 0. The van der Waals surface area contributed by atoms with Crippen LogP contribution in [-0.2, 0) is 5.41 Å². The molecule has 0 atom stereocenters. The van der Waals surface area contributed by atoms with Crippen LogP contribution >= 0.6 is 0 Å². The van der Waals surface area contributed by atoms with Gasteiger partial charge >= 0.3 is 0 Å². The molecular weight excluding hydrogens is 611 g/mol. The maximum absolute atomic E-state index is 9.64. The first kappa shape index (κ1) is 27.4. The molecule has 7 aromatic carbocycles. The van der Waals surface area contributed by atoms with Crippen LogP contribution in [0.1, 0.15) is 30.5 Å². The van der Waals surface area contributed by atoms with E-state index in [-0.39, 0.29) is 5.41 Å². The highest BCUT2D eigenvalue weighted by molar-refractivity contribution is 6.14. The summed E-state index contributed by atoms with van der Waals surface area (Å²) in [5.41, 5.74) is 14.4. The lowest BCUT2D eigenvalue weighted by atomic mass is 9.81. The largest absolute Gasteiger partial charge is 0.456 e. The number of para-hydroxylation sites is 2. The Hall–Kier alpha value is -6.57. The lowest BCUT2D eigenvalue weighted by Gasteiger charge is -2.23. The lowest BCUT2D eigenvalue weighted by Crippen LogP contribution is -2.16. The highest BCUT2D eigenvalue weighted by Crippen LogP contribution is 2.53. The maximum Gasteiger partial charge on any atom is 0.135 e. The van der Waals surface area contributed by atoms with Gasteiger partial charge in [-0.15, -0.1) is 0 Å². The topological polar surface area (TPSA) is 46.8 Å². The van der Waals surface area contributed by atoms with Crippen molar-refractivity contribution in [3.63, 3.8) is 0 Å². The molecule has 0 saturated carbocycles. The summed E-state index contributed by atoms with van der Waals surface area (Å²) in [6.45, 7) is 4.73. The molecule has 0 fully saturated rings. The second-order valence-electron chi connectivity index (χ2n) is 14.1. The van der Waals surface area contributed by atoms with Gasteiger partial charge in [-0.1, -0.05) is 86.6 Å². The van der Waals surface area contributed by atoms with Gasteiger partial charge in [-0.3, -0.25) is 0 Å². The van der Waals surface area contributed by atoms with Crippen LogP contribution in [-0.4, -0.2) is 9.13 Å². The molecule has 50 heavy (non-hydrogen) atoms. The van der Waals surface area contributed by atoms with E-state index < -0.39 is 0 Å². The first-order chi connectivity index (χ1) is 24.5. The summed E-state index contributed by atoms with van der Waals surface area (Å²) in [5, 5.41) is 16.5. The average molecular weight is 640 g/mol. The van der Waals surface area contributed by atoms with Crippen LogP contribution in [0.3, 0.4) is 0 Å². The Balaban J connectivity index is 1.18. The van der Waals surface area contributed by atoms with Gasteiger partial charge in [0.2, 0.25) is 0 Å². The third-order valence-electron chi connectivity index (χ3n) is 11.1. The van der Waals surface area contributed by atoms with Gasteiger partial charge in [-0.25, -0.2) is 0 Å². The van der Waals surface area contributed by atoms with E-state index in [0.29, 0.717) is 5.56 Å². The molecule has 0 bridgehead atoms. The van der Waals surface area contributed by atoms with E-state index in [1.165, 1.54) is 44.1 Å². The standard InChI is InChI=1S/C46H29N3O/c1-46(2)38-12-6-3-9-30(38)33-18-19-34-31-10-4-8-14-40(31)49(45(34)44(33)46)29-17-22-43-37(25-29)36-24-28(16-21-42(36)50-43)48-39-13-7-5-11-32(39)35-23-27(26-47)15-20-41(35)48/h3-25H,1-2H3. The summed E-state index contributed by atoms with van der Waals surface area (Å²) in [5.74, 6) is 0. The van der Waals surface area contributed by atoms with E-state index in [0.717, 1.165) is 55.1 Å². The van der Waals surface area contributed by atoms with Crippen LogP contribution in [0.4, 0.5) is 0 Å². The molecule has 3 aromatic heterocycles. The van der Waals surface area contributed by atoms with Crippen LogP contribution in [0.5, 0.6) is 0 Å². The second kappa shape index (κ2) is 9.53. The average Bonchev–Trinajstić information content (AvgIpc) is 3.86. The van der Waals surface area contributed by atoms with Gasteiger partial charge in [0.15, 0.2) is 0 Å². The quantitative estimate of drug-likeness (QED) is 0.189. The number of benzene rings is 7. The number of nitrogens with zero attached hydrogens (tertiary/aromatic N) is 3. The molecule has 1 aliphatic rings. The molecule has 1 aliphatic carbocycles. The molecule has 0 saturated heterocycles.